The predicted octanol–water partition coefficient (Wildman–Crippen LogP) is 3.85. The van der Waals surface area contributed by atoms with Crippen molar-refractivity contribution in [1.82, 2.24) is 14.8 Å². The van der Waals surface area contributed by atoms with E-state index >= 15 is 0 Å². The van der Waals surface area contributed by atoms with Crippen LogP contribution in [0.25, 0.3) is 0 Å². The van der Waals surface area contributed by atoms with Gasteiger partial charge in [-0.15, -0.1) is 10.2 Å². The fourth-order valence-electron chi connectivity index (χ4n) is 1.48. The van der Waals surface area contributed by atoms with E-state index < -0.39 is 0 Å². The summed E-state index contributed by atoms with van der Waals surface area (Å²) in [4.78, 5) is 0. The van der Waals surface area contributed by atoms with Crippen LogP contribution in [0.4, 0.5) is 0 Å². The highest BCUT2D eigenvalue weighted by atomic mass is 35.5. The highest BCUT2D eigenvalue weighted by molar-refractivity contribution is 6.35. The van der Waals surface area contributed by atoms with E-state index in [0.717, 1.165) is 5.56 Å². The summed E-state index contributed by atoms with van der Waals surface area (Å²) in [5.74, 6) is 0. The largest absolute Gasteiger partial charge is 0.297 e. The third-order valence-corrected chi connectivity index (χ3v) is 3.19. The summed E-state index contributed by atoms with van der Waals surface area (Å²) in [6.07, 6.45) is 1.57. The molecule has 2 rings (SSSR count). The summed E-state index contributed by atoms with van der Waals surface area (Å²) in [6.45, 7) is 1.96. The van der Waals surface area contributed by atoms with Crippen LogP contribution >= 0.6 is 34.8 Å². The molecule has 1 aromatic carbocycles. The minimum Gasteiger partial charge on any atom is -0.297 e. The Labute approximate surface area is 108 Å². The average molecular weight is 277 g/mol. The van der Waals surface area contributed by atoms with Gasteiger partial charge in [0.1, 0.15) is 6.33 Å². The van der Waals surface area contributed by atoms with Crippen molar-refractivity contribution in [2.24, 2.45) is 0 Å². The van der Waals surface area contributed by atoms with Gasteiger partial charge in [-0.2, -0.15) is 0 Å². The molecule has 16 heavy (non-hydrogen) atoms. The predicted molar refractivity (Wildman–Crippen MR) is 65.3 cm³/mol. The van der Waals surface area contributed by atoms with E-state index in [2.05, 4.69) is 10.2 Å². The van der Waals surface area contributed by atoms with E-state index in [1.165, 1.54) is 0 Å². The summed E-state index contributed by atoms with van der Waals surface area (Å²) in [5.41, 5.74) is 0.924. The van der Waals surface area contributed by atoms with Gasteiger partial charge in [0.2, 0.25) is 5.28 Å². The third-order valence-electron chi connectivity index (χ3n) is 2.36. The fourth-order valence-corrected chi connectivity index (χ4v) is 2.28. The molecule has 84 valence electrons. The Morgan fingerprint density at radius 3 is 2.56 bits per heavy atom. The monoisotopic (exact) mass is 275 g/mol. The normalized spacial score (nSPS) is 12.8. The van der Waals surface area contributed by atoms with Gasteiger partial charge in [0, 0.05) is 10.0 Å². The molecule has 1 aromatic heterocycles. The summed E-state index contributed by atoms with van der Waals surface area (Å²) < 4.78 is 1.73. The Morgan fingerprint density at radius 1 is 1.25 bits per heavy atom. The Kier molecular flexibility index (Phi) is 3.38. The van der Waals surface area contributed by atoms with Crippen LogP contribution in [0.5, 0.6) is 0 Å². The van der Waals surface area contributed by atoms with Gasteiger partial charge in [0.25, 0.3) is 0 Å². The number of hydrogen-bond acceptors (Lipinski definition) is 2. The molecule has 0 aliphatic heterocycles. The van der Waals surface area contributed by atoms with Crippen molar-refractivity contribution in [3.8, 4) is 0 Å². The van der Waals surface area contributed by atoms with Crippen molar-refractivity contribution >= 4 is 34.8 Å². The number of nitrogens with zero attached hydrogens (tertiary/aromatic N) is 3. The molecule has 0 saturated carbocycles. The van der Waals surface area contributed by atoms with Crippen LogP contribution in [-0.4, -0.2) is 14.8 Å². The van der Waals surface area contributed by atoms with Crippen molar-refractivity contribution in [3.63, 3.8) is 0 Å². The Hall–Kier alpha value is -0.770. The number of rotatable bonds is 2. The third kappa shape index (κ3) is 2.17. The molecule has 1 atom stereocenters. The van der Waals surface area contributed by atoms with Crippen LogP contribution in [0, 0.1) is 0 Å². The van der Waals surface area contributed by atoms with Crippen molar-refractivity contribution in [1.29, 1.82) is 0 Å². The molecular weight excluding hydrogens is 268 g/mol. The molecule has 0 aliphatic rings. The lowest BCUT2D eigenvalue weighted by Gasteiger charge is -2.15. The maximum atomic E-state index is 6.11. The van der Waals surface area contributed by atoms with Crippen molar-refractivity contribution in [2.45, 2.75) is 13.0 Å². The first-order valence-corrected chi connectivity index (χ1v) is 5.73. The van der Waals surface area contributed by atoms with Gasteiger partial charge in [-0.25, -0.2) is 0 Å². The molecule has 0 radical (unpaired) electrons. The number of aromatic nitrogens is 3. The van der Waals surface area contributed by atoms with Crippen LogP contribution in [-0.2, 0) is 0 Å². The molecule has 0 N–H and O–H groups in total. The summed E-state index contributed by atoms with van der Waals surface area (Å²) >= 11 is 17.8. The molecule has 0 spiro atoms. The minimum atomic E-state index is -0.0349. The minimum absolute atomic E-state index is 0.0349. The molecule has 0 fully saturated rings. The molecule has 1 heterocycles. The van der Waals surface area contributed by atoms with Crippen LogP contribution in [0.2, 0.25) is 15.3 Å². The SMILES string of the molecule is CC(c1ccc(Cl)cc1Cl)n1cnnc1Cl. The second-order valence-corrected chi connectivity index (χ2v) is 4.53. The quantitative estimate of drug-likeness (QED) is 0.834. The van der Waals surface area contributed by atoms with Crippen LogP contribution in [0.15, 0.2) is 24.5 Å². The molecule has 0 aliphatic carbocycles. The molecule has 0 amide bonds. The molecule has 1 unspecified atom stereocenters. The first-order chi connectivity index (χ1) is 7.59. The van der Waals surface area contributed by atoms with Gasteiger partial charge in [0.15, 0.2) is 0 Å². The second kappa shape index (κ2) is 4.62. The first-order valence-electron chi connectivity index (χ1n) is 4.59. The lowest BCUT2D eigenvalue weighted by Crippen LogP contribution is -2.06. The zero-order valence-electron chi connectivity index (χ0n) is 8.36. The second-order valence-electron chi connectivity index (χ2n) is 3.35. The van der Waals surface area contributed by atoms with E-state index in [1.54, 1.807) is 23.0 Å². The summed E-state index contributed by atoms with van der Waals surface area (Å²) in [7, 11) is 0. The summed E-state index contributed by atoms with van der Waals surface area (Å²) in [6, 6.07) is 5.32. The van der Waals surface area contributed by atoms with Crippen LogP contribution < -0.4 is 0 Å². The zero-order chi connectivity index (χ0) is 11.7. The zero-order valence-corrected chi connectivity index (χ0v) is 10.6. The van der Waals surface area contributed by atoms with Crippen LogP contribution in [0.1, 0.15) is 18.5 Å². The number of halogens is 3. The number of benzene rings is 1. The first kappa shape index (κ1) is 11.7. The van der Waals surface area contributed by atoms with Crippen molar-refractivity contribution in [3.05, 3.63) is 45.4 Å². The topological polar surface area (TPSA) is 30.7 Å². The van der Waals surface area contributed by atoms with E-state index in [0.29, 0.717) is 15.3 Å². The van der Waals surface area contributed by atoms with Gasteiger partial charge < -0.3 is 0 Å². The van der Waals surface area contributed by atoms with Crippen molar-refractivity contribution in [2.75, 3.05) is 0 Å². The van der Waals surface area contributed by atoms with Gasteiger partial charge in [-0.1, -0.05) is 29.3 Å². The van der Waals surface area contributed by atoms with Crippen LogP contribution in [0.3, 0.4) is 0 Å². The Balaban J connectivity index is 2.41. The molecule has 2 aromatic rings. The molecule has 0 bridgehead atoms. The fraction of sp³-hybridized carbons (Fsp3) is 0.200. The average Bonchev–Trinajstić information content (AvgIpc) is 2.63. The standard InChI is InChI=1S/C10H8Cl3N3/c1-6(16-5-14-15-10(16)13)8-3-2-7(11)4-9(8)12/h2-6H,1H3. The molecule has 0 saturated heterocycles. The smallest absolute Gasteiger partial charge is 0.225 e. The Bertz CT molecular complexity index is 510. The lowest BCUT2D eigenvalue weighted by atomic mass is 10.1. The maximum Gasteiger partial charge on any atom is 0.225 e. The summed E-state index contributed by atoms with van der Waals surface area (Å²) in [5, 5.41) is 8.99. The van der Waals surface area contributed by atoms with Crippen molar-refractivity contribution < 1.29 is 0 Å². The van der Waals surface area contributed by atoms with E-state index in [-0.39, 0.29) is 6.04 Å². The Morgan fingerprint density at radius 2 is 2.00 bits per heavy atom. The lowest BCUT2D eigenvalue weighted by molar-refractivity contribution is 0.637. The van der Waals surface area contributed by atoms with E-state index in [1.807, 2.05) is 13.0 Å². The van der Waals surface area contributed by atoms with Gasteiger partial charge in [-0.05, 0) is 36.2 Å². The van der Waals surface area contributed by atoms with Gasteiger partial charge >= 0.3 is 0 Å². The van der Waals surface area contributed by atoms with Gasteiger partial charge in [0.05, 0.1) is 6.04 Å². The molecule has 6 heteroatoms. The number of hydrogen-bond donors (Lipinski definition) is 0. The molecule has 3 nitrogen and oxygen atoms in total. The highest BCUT2D eigenvalue weighted by Gasteiger charge is 2.14. The maximum absolute atomic E-state index is 6.11. The van der Waals surface area contributed by atoms with E-state index in [4.69, 9.17) is 34.8 Å². The molecular formula is C10H8Cl3N3. The van der Waals surface area contributed by atoms with Gasteiger partial charge in [-0.3, -0.25) is 4.57 Å². The highest BCUT2D eigenvalue weighted by Crippen LogP contribution is 2.29. The van der Waals surface area contributed by atoms with E-state index in [9.17, 15) is 0 Å².